The molecule has 0 radical (unpaired) electrons. The number of nitrogens with one attached hydrogen (secondary N) is 2. The number of hydrogen-bond donors (Lipinski definition) is 2. The van der Waals surface area contributed by atoms with Crippen LogP contribution in [0.4, 0.5) is 0 Å². The highest BCUT2D eigenvalue weighted by Gasteiger charge is 2.30. The molecule has 7 heteroatoms. The SMILES string of the molecule is C[C@H](C(=O)NCC[C@H](C)N1CCCC1)C1CCN(C(=O)c2cc3cc(Cl)ccc3[nH]2)CC1. The molecule has 0 aliphatic carbocycles. The lowest BCUT2D eigenvalue weighted by Crippen LogP contribution is -2.43. The summed E-state index contributed by atoms with van der Waals surface area (Å²) in [5.74, 6) is 0.459. The molecule has 1 aromatic carbocycles. The Morgan fingerprint density at radius 2 is 1.84 bits per heavy atom. The van der Waals surface area contributed by atoms with Crippen molar-refractivity contribution in [3.05, 3.63) is 35.0 Å². The molecular formula is C25H35ClN4O2. The quantitative estimate of drug-likeness (QED) is 0.649. The molecule has 0 bridgehead atoms. The molecule has 2 N–H and O–H groups in total. The van der Waals surface area contributed by atoms with Gasteiger partial charge in [-0.05, 0) is 82.3 Å². The molecule has 1 aromatic heterocycles. The van der Waals surface area contributed by atoms with Crippen LogP contribution in [0.2, 0.25) is 5.02 Å². The number of aromatic amines is 1. The fourth-order valence-electron chi connectivity index (χ4n) is 5.14. The van der Waals surface area contributed by atoms with Gasteiger partial charge in [0.25, 0.3) is 5.91 Å². The van der Waals surface area contributed by atoms with Gasteiger partial charge in [-0.3, -0.25) is 9.59 Å². The predicted molar refractivity (Wildman–Crippen MR) is 129 cm³/mol. The molecule has 2 fully saturated rings. The Labute approximate surface area is 195 Å². The third-order valence-electron chi connectivity index (χ3n) is 7.39. The van der Waals surface area contributed by atoms with Crippen LogP contribution in [0.3, 0.4) is 0 Å². The molecule has 32 heavy (non-hydrogen) atoms. The topological polar surface area (TPSA) is 68.4 Å². The van der Waals surface area contributed by atoms with Crippen LogP contribution in [-0.2, 0) is 4.79 Å². The van der Waals surface area contributed by atoms with Crippen LogP contribution in [0.1, 0.15) is 56.4 Å². The van der Waals surface area contributed by atoms with Gasteiger partial charge in [-0.15, -0.1) is 0 Å². The number of rotatable bonds is 7. The summed E-state index contributed by atoms with van der Waals surface area (Å²) in [6, 6.07) is 7.98. The number of nitrogens with zero attached hydrogens (tertiary/aromatic N) is 2. The molecule has 2 amide bonds. The van der Waals surface area contributed by atoms with Crippen molar-refractivity contribution in [2.45, 2.75) is 52.0 Å². The Kier molecular flexibility index (Phi) is 7.41. The number of fused-ring (bicyclic) bond motifs is 1. The molecule has 2 aromatic rings. The second-order valence-corrected chi connectivity index (χ2v) is 9.94. The zero-order valence-corrected chi connectivity index (χ0v) is 20.0. The standard InChI is InChI=1S/C25H35ClN4O2/c1-17(29-11-3-4-12-29)7-10-27-24(31)18(2)19-8-13-30(14-9-19)25(32)23-16-20-15-21(26)5-6-22(20)28-23/h5-6,15-19,28H,3-4,7-14H2,1-2H3,(H,27,31)/t17-,18-/m0/s1. The van der Waals surface area contributed by atoms with Crippen molar-refractivity contribution in [3.8, 4) is 0 Å². The summed E-state index contributed by atoms with van der Waals surface area (Å²) < 4.78 is 0. The first kappa shape index (κ1) is 23.1. The zero-order valence-electron chi connectivity index (χ0n) is 19.2. The maximum Gasteiger partial charge on any atom is 0.270 e. The third kappa shape index (κ3) is 5.29. The smallest absolute Gasteiger partial charge is 0.270 e. The van der Waals surface area contributed by atoms with Crippen molar-refractivity contribution in [2.75, 3.05) is 32.7 Å². The normalized spacial score (nSPS) is 19.9. The second-order valence-electron chi connectivity index (χ2n) is 9.50. The van der Waals surface area contributed by atoms with E-state index in [1.54, 1.807) is 0 Å². The number of carbonyl (C=O) groups is 2. The number of hydrogen-bond acceptors (Lipinski definition) is 3. The number of aromatic nitrogens is 1. The highest BCUT2D eigenvalue weighted by atomic mass is 35.5. The number of H-pyrrole nitrogens is 1. The fourth-order valence-corrected chi connectivity index (χ4v) is 5.32. The summed E-state index contributed by atoms with van der Waals surface area (Å²) in [6.07, 6.45) is 5.31. The molecule has 0 spiro atoms. The van der Waals surface area contributed by atoms with Gasteiger partial charge in [0, 0.05) is 47.5 Å². The largest absolute Gasteiger partial charge is 0.356 e. The minimum Gasteiger partial charge on any atom is -0.356 e. The van der Waals surface area contributed by atoms with Gasteiger partial charge in [-0.2, -0.15) is 0 Å². The van der Waals surface area contributed by atoms with Crippen molar-refractivity contribution in [3.63, 3.8) is 0 Å². The Morgan fingerprint density at radius 3 is 2.56 bits per heavy atom. The fraction of sp³-hybridized carbons (Fsp3) is 0.600. The van der Waals surface area contributed by atoms with E-state index in [9.17, 15) is 9.59 Å². The van der Waals surface area contributed by atoms with E-state index in [0.29, 0.717) is 35.8 Å². The van der Waals surface area contributed by atoms with E-state index < -0.39 is 0 Å². The predicted octanol–water partition coefficient (Wildman–Crippen LogP) is 4.30. The summed E-state index contributed by atoms with van der Waals surface area (Å²) in [6.45, 7) is 8.78. The minimum absolute atomic E-state index is 0.0174. The first-order valence-electron chi connectivity index (χ1n) is 12.0. The molecule has 2 aliphatic rings. The third-order valence-corrected chi connectivity index (χ3v) is 7.62. The molecule has 4 rings (SSSR count). The molecule has 0 saturated carbocycles. The van der Waals surface area contributed by atoms with Gasteiger partial charge >= 0.3 is 0 Å². The van der Waals surface area contributed by atoms with Crippen LogP contribution in [0.5, 0.6) is 0 Å². The van der Waals surface area contributed by atoms with Crippen molar-refractivity contribution in [2.24, 2.45) is 11.8 Å². The Bertz CT molecular complexity index is 945. The van der Waals surface area contributed by atoms with Crippen molar-refractivity contribution < 1.29 is 9.59 Å². The van der Waals surface area contributed by atoms with Crippen molar-refractivity contribution in [1.29, 1.82) is 0 Å². The molecule has 2 saturated heterocycles. The van der Waals surface area contributed by atoms with E-state index in [2.05, 4.69) is 22.1 Å². The van der Waals surface area contributed by atoms with E-state index in [1.807, 2.05) is 36.1 Å². The van der Waals surface area contributed by atoms with E-state index in [4.69, 9.17) is 11.6 Å². The number of carbonyl (C=O) groups excluding carboxylic acids is 2. The van der Waals surface area contributed by atoms with Gasteiger partial charge in [-0.1, -0.05) is 18.5 Å². The Balaban J connectivity index is 1.23. The van der Waals surface area contributed by atoms with Crippen LogP contribution in [0, 0.1) is 11.8 Å². The molecule has 0 unspecified atom stereocenters. The Morgan fingerprint density at radius 1 is 1.12 bits per heavy atom. The minimum atomic E-state index is -0.0236. The zero-order chi connectivity index (χ0) is 22.7. The second kappa shape index (κ2) is 10.3. The van der Waals surface area contributed by atoms with E-state index >= 15 is 0 Å². The lowest BCUT2D eigenvalue weighted by atomic mass is 9.84. The summed E-state index contributed by atoms with van der Waals surface area (Å²) >= 11 is 6.06. The van der Waals surface area contributed by atoms with Gasteiger partial charge < -0.3 is 20.1 Å². The molecule has 6 nitrogen and oxygen atoms in total. The number of amides is 2. The number of piperidine rings is 1. The van der Waals surface area contributed by atoms with E-state index in [0.717, 1.165) is 36.7 Å². The maximum absolute atomic E-state index is 13.0. The molecule has 2 atom stereocenters. The summed E-state index contributed by atoms with van der Waals surface area (Å²) in [5, 5.41) is 4.76. The average molecular weight is 459 g/mol. The van der Waals surface area contributed by atoms with Crippen LogP contribution in [-0.4, -0.2) is 65.4 Å². The van der Waals surface area contributed by atoms with Gasteiger partial charge in [0.05, 0.1) is 0 Å². The van der Waals surface area contributed by atoms with Crippen molar-refractivity contribution >= 4 is 34.3 Å². The Hall–Kier alpha value is -2.05. The van der Waals surface area contributed by atoms with Gasteiger partial charge in [-0.25, -0.2) is 0 Å². The molecule has 174 valence electrons. The van der Waals surface area contributed by atoms with Gasteiger partial charge in [0.15, 0.2) is 0 Å². The summed E-state index contributed by atoms with van der Waals surface area (Å²) in [4.78, 5) is 33.3. The molecule has 2 aliphatic heterocycles. The highest BCUT2D eigenvalue weighted by molar-refractivity contribution is 6.31. The molecular weight excluding hydrogens is 424 g/mol. The monoisotopic (exact) mass is 458 g/mol. The highest BCUT2D eigenvalue weighted by Crippen LogP contribution is 2.27. The maximum atomic E-state index is 13.0. The van der Waals surface area contributed by atoms with Crippen molar-refractivity contribution in [1.82, 2.24) is 20.1 Å². The van der Waals surface area contributed by atoms with Crippen LogP contribution < -0.4 is 5.32 Å². The van der Waals surface area contributed by atoms with Gasteiger partial charge in [0.1, 0.15) is 5.69 Å². The first-order valence-corrected chi connectivity index (χ1v) is 12.4. The first-order chi connectivity index (χ1) is 15.4. The van der Waals surface area contributed by atoms with Crippen LogP contribution >= 0.6 is 11.6 Å². The number of halogens is 1. The number of likely N-dealkylation sites (tertiary alicyclic amines) is 2. The molecule has 3 heterocycles. The average Bonchev–Trinajstić information content (AvgIpc) is 3.48. The van der Waals surface area contributed by atoms with E-state index in [-0.39, 0.29) is 17.7 Å². The lowest BCUT2D eigenvalue weighted by molar-refractivity contribution is -0.126. The van der Waals surface area contributed by atoms with E-state index in [1.165, 1.54) is 25.9 Å². The van der Waals surface area contributed by atoms with Crippen LogP contribution in [0.15, 0.2) is 24.3 Å². The lowest BCUT2D eigenvalue weighted by Gasteiger charge is -2.34. The van der Waals surface area contributed by atoms with Crippen LogP contribution in [0.25, 0.3) is 10.9 Å². The summed E-state index contributed by atoms with van der Waals surface area (Å²) in [7, 11) is 0. The summed E-state index contributed by atoms with van der Waals surface area (Å²) in [5.41, 5.74) is 1.51. The van der Waals surface area contributed by atoms with Gasteiger partial charge in [0.2, 0.25) is 5.91 Å². The number of benzene rings is 1.